The van der Waals surface area contributed by atoms with E-state index in [4.69, 9.17) is 4.74 Å². The zero-order valence-electron chi connectivity index (χ0n) is 14.6. The number of aromatic nitrogens is 1. The van der Waals surface area contributed by atoms with Gasteiger partial charge in [0.2, 0.25) is 0 Å². The van der Waals surface area contributed by atoms with E-state index in [9.17, 15) is 17.6 Å². The molecule has 1 atom stereocenters. The number of thiazole rings is 1. The second-order valence-corrected chi connectivity index (χ2v) is 8.25. The number of anilines is 2. The topological polar surface area (TPSA) is 97.4 Å². The van der Waals surface area contributed by atoms with Crippen LogP contribution in [-0.4, -0.2) is 25.4 Å². The van der Waals surface area contributed by atoms with Gasteiger partial charge in [-0.1, -0.05) is 0 Å². The smallest absolute Gasteiger partial charge is 0.265 e. The first-order chi connectivity index (χ1) is 13.3. The molecule has 3 rings (SSSR count). The third-order valence-electron chi connectivity index (χ3n) is 3.58. The minimum absolute atomic E-state index is 0.0382. The molecule has 28 heavy (non-hydrogen) atoms. The summed E-state index contributed by atoms with van der Waals surface area (Å²) in [7, 11) is -3.76. The highest BCUT2D eigenvalue weighted by Gasteiger charge is 2.17. The summed E-state index contributed by atoms with van der Waals surface area (Å²) in [6.45, 7) is 1.55. The van der Waals surface area contributed by atoms with E-state index in [1.54, 1.807) is 12.3 Å². The van der Waals surface area contributed by atoms with Gasteiger partial charge in [-0.3, -0.25) is 9.52 Å². The van der Waals surface area contributed by atoms with Crippen molar-refractivity contribution in [1.29, 1.82) is 0 Å². The molecular weight excluding hydrogens is 405 g/mol. The molecule has 2 aromatic carbocycles. The zero-order chi connectivity index (χ0) is 20.1. The van der Waals surface area contributed by atoms with Crippen LogP contribution in [0.2, 0.25) is 0 Å². The molecule has 2 N–H and O–H groups in total. The minimum atomic E-state index is -3.76. The van der Waals surface area contributed by atoms with Crippen molar-refractivity contribution in [1.82, 2.24) is 4.98 Å². The molecule has 3 aromatic rings. The lowest BCUT2D eigenvalue weighted by atomic mass is 10.3. The molecular formula is C18H16FN3O4S2. The van der Waals surface area contributed by atoms with Crippen molar-refractivity contribution in [3.8, 4) is 5.75 Å². The van der Waals surface area contributed by atoms with E-state index in [2.05, 4.69) is 15.0 Å². The zero-order valence-corrected chi connectivity index (χ0v) is 16.3. The number of nitrogens with zero attached hydrogens (tertiary/aromatic N) is 1. The summed E-state index contributed by atoms with van der Waals surface area (Å²) in [6, 6.07) is 11.0. The van der Waals surface area contributed by atoms with Crippen molar-refractivity contribution in [2.45, 2.75) is 17.9 Å². The molecule has 0 spiro atoms. The van der Waals surface area contributed by atoms with Gasteiger partial charge in [-0.05, 0) is 55.5 Å². The molecule has 0 radical (unpaired) electrons. The van der Waals surface area contributed by atoms with E-state index < -0.39 is 27.9 Å². The van der Waals surface area contributed by atoms with Crippen molar-refractivity contribution in [2.24, 2.45) is 0 Å². The summed E-state index contributed by atoms with van der Waals surface area (Å²) in [5.74, 6) is -0.469. The Bertz CT molecular complexity index is 1040. The fourth-order valence-corrected chi connectivity index (χ4v) is 3.97. The number of sulfonamides is 1. The van der Waals surface area contributed by atoms with Crippen LogP contribution in [-0.2, 0) is 14.8 Å². The van der Waals surface area contributed by atoms with E-state index in [1.165, 1.54) is 66.1 Å². The summed E-state index contributed by atoms with van der Waals surface area (Å²) < 4.78 is 45.3. The third-order valence-corrected chi connectivity index (χ3v) is 5.75. The first-order valence-electron chi connectivity index (χ1n) is 8.09. The maximum absolute atomic E-state index is 12.9. The molecule has 0 aliphatic carbocycles. The second-order valence-electron chi connectivity index (χ2n) is 5.67. The maximum Gasteiger partial charge on any atom is 0.265 e. The van der Waals surface area contributed by atoms with E-state index in [0.29, 0.717) is 11.4 Å². The normalized spacial score (nSPS) is 12.2. The van der Waals surface area contributed by atoms with E-state index in [0.717, 1.165) is 0 Å². The van der Waals surface area contributed by atoms with Gasteiger partial charge in [-0.15, -0.1) is 11.3 Å². The molecule has 1 unspecified atom stereocenters. The number of carbonyl (C=O) groups is 1. The summed E-state index contributed by atoms with van der Waals surface area (Å²) in [4.78, 5) is 16.1. The van der Waals surface area contributed by atoms with Crippen LogP contribution in [0.1, 0.15) is 6.92 Å². The molecule has 1 aromatic heterocycles. The number of hydrogen-bond donors (Lipinski definition) is 2. The Morgan fingerprint density at radius 2 is 1.82 bits per heavy atom. The van der Waals surface area contributed by atoms with Crippen molar-refractivity contribution in [3.63, 3.8) is 0 Å². The number of amides is 1. The van der Waals surface area contributed by atoms with Crippen LogP contribution in [0.25, 0.3) is 0 Å². The average Bonchev–Trinajstić information content (AvgIpc) is 3.16. The average molecular weight is 421 g/mol. The van der Waals surface area contributed by atoms with Crippen molar-refractivity contribution in [3.05, 3.63) is 65.9 Å². The highest BCUT2D eigenvalue weighted by Crippen LogP contribution is 2.20. The number of benzene rings is 2. The number of halogens is 1. The summed E-state index contributed by atoms with van der Waals surface area (Å²) in [5, 5.41) is 4.56. The van der Waals surface area contributed by atoms with Gasteiger partial charge in [0.15, 0.2) is 11.2 Å². The molecule has 0 aliphatic heterocycles. The maximum atomic E-state index is 12.9. The minimum Gasteiger partial charge on any atom is -0.481 e. The van der Waals surface area contributed by atoms with E-state index >= 15 is 0 Å². The molecule has 146 valence electrons. The lowest BCUT2D eigenvalue weighted by Crippen LogP contribution is -2.30. The van der Waals surface area contributed by atoms with Crippen LogP contribution in [0.15, 0.2) is 65.0 Å². The fraction of sp³-hybridized carbons (Fsp3) is 0.111. The van der Waals surface area contributed by atoms with Crippen LogP contribution < -0.4 is 14.8 Å². The fourth-order valence-electron chi connectivity index (χ4n) is 2.18. The summed E-state index contributed by atoms with van der Waals surface area (Å²) in [6.07, 6.45) is 0.663. The number of rotatable bonds is 7. The van der Waals surface area contributed by atoms with Crippen molar-refractivity contribution < 1.29 is 22.3 Å². The Labute approximate surface area is 165 Å². The molecule has 1 amide bonds. The predicted molar refractivity (Wildman–Crippen MR) is 104 cm³/mol. The quantitative estimate of drug-likeness (QED) is 0.609. The molecule has 0 fully saturated rings. The van der Waals surface area contributed by atoms with Gasteiger partial charge in [0.1, 0.15) is 11.6 Å². The SMILES string of the molecule is CC(Oc1ccc(F)cc1)C(=O)Nc1ccc(S(=O)(=O)Nc2nccs2)cc1. The molecule has 0 bridgehead atoms. The Morgan fingerprint density at radius 1 is 1.14 bits per heavy atom. The first kappa shape index (κ1) is 19.8. The molecule has 0 aliphatic rings. The van der Waals surface area contributed by atoms with Gasteiger partial charge in [-0.2, -0.15) is 0 Å². The van der Waals surface area contributed by atoms with Crippen LogP contribution in [0.4, 0.5) is 15.2 Å². The third kappa shape index (κ3) is 5.05. The Balaban J connectivity index is 1.61. The largest absolute Gasteiger partial charge is 0.481 e. The second kappa shape index (κ2) is 8.36. The van der Waals surface area contributed by atoms with E-state index in [-0.39, 0.29) is 10.0 Å². The number of ether oxygens (including phenoxy) is 1. The van der Waals surface area contributed by atoms with Crippen LogP contribution >= 0.6 is 11.3 Å². The Hall–Kier alpha value is -2.98. The summed E-state index contributed by atoms with van der Waals surface area (Å²) >= 11 is 1.17. The van der Waals surface area contributed by atoms with Gasteiger partial charge in [-0.25, -0.2) is 17.8 Å². The van der Waals surface area contributed by atoms with Crippen LogP contribution in [0, 0.1) is 5.82 Å². The molecule has 10 heteroatoms. The van der Waals surface area contributed by atoms with Gasteiger partial charge in [0, 0.05) is 17.3 Å². The summed E-state index contributed by atoms with van der Waals surface area (Å²) in [5.41, 5.74) is 0.410. The molecule has 7 nitrogen and oxygen atoms in total. The van der Waals surface area contributed by atoms with Gasteiger partial charge < -0.3 is 10.1 Å². The predicted octanol–water partition coefficient (Wildman–Crippen LogP) is 3.49. The van der Waals surface area contributed by atoms with Crippen LogP contribution in [0.5, 0.6) is 5.75 Å². The van der Waals surface area contributed by atoms with Crippen molar-refractivity contribution >= 4 is 38.1 Å². The standard InChI is InChI=1S/C18H16FN3O4S2/c1-12(26-15-6-2-13(19)3-7-15)17(23)21-14-4-8-16(9-5-14)28(24,25)22-18-20-10-11-27-18/h2-12H,1H3,(H,20,22)(H,21,23). The Morgan fingerprint density at radius 3 is 2.43 bits per heavy atom. The Kier molecular flexibility index (Phi) is 5.90. The number of carbonyl (C=O) groups excluding carboxylic acids is 1. The lowest BCUT2D eigenvalue weighted by Gasteiger charge is -2.15. The highest BCUT2D eigenvalue weighted by atomic mass is 32.2. The van der Waals surface area contributed by atoms with E-state index in [1.807, 2.05) is 0 Å². The molecule has 1 heterocycles. The number of nitrogens with one attached hydrogen (secondary N) is 2. The van der Waals surface area contributed by atoms with Gasteiger partial charge in [0.05, 0.1) is 4.90 Å². The lowest BCUT2D eigenvalue weighted by molar-refractivity contribution is -0.122. The first-order valence-corrected chi connectivity index (χ1v) is 10.5. The van der Waals surface area contributed by atoms with Gasteiger partial charge >= 0.3 is 0 Å². The van der Waals surface area contributed by atoms with Crippen molar-refractivity contribution in [2.75, 3.05) is 10.0 Å². The molecule has 0 saturated heterocycles. The van der Waals surface area contributed by atoms with Crippen LogP contribution in [0.3, 0.4) is 0 Å². The monoisotopic (exact) mass is 421 g/mol. The van der Waals surface area contributed by atoms with Gasteiger partial charge in [0.25, 0.3) is 15.9 Å². The highest BCUT2D eigenvalue weighted by molar-refractivity contribution is 7.93. The number of hydrogen-bond acceptors (Lipinski definition) is 6. The molecule has 0 saturated carbocycles.